The van der Waals surface area contributed by atoms with Crippen molar-refractivity contribution in [3.63, 3.8) is 0 Å². The summed E-state index contributed by atoms with van der Waals surface area (Å²) in [5.74, 6) is 1.46. The van der Waals surface area contributed by atoms with E-state index in [4.69, 9.17) is 22.2 Å². The number of pyridine rings is 1. The molecule has 4 rings (SSSR count). The Kier molecular flexibility index (Phi) is 4.94. The second-order valence-corrected chi connectivity index (χ2v) is 9.59. The Morgan fingerprint density at radius 3 is 2.92 bits per heavy atom. The Bertz CT molecular complexity index is 966. The van der Waals surface area contributed by atoms with Crippen LogP contribution in [0.15, 0.2) is 29.6 Å². The normalized spacial score (nSPS) is 16.5. The lowest BCUT2D eigenvalue weighted by Gasteiger charge is -2.18. The fourth-order valence-corrected chi connectivity index (χ4v) is 5.67. The van der Waals surface area contributed by atoms with Crippen LogP contribution in [0.5, 0.6) is 0 Å². The molecule has 0 unspecified atom stereocenters. The van der Waals surface area contributed by atoms with Crippen molar-refractivity contribution in [2.75, 3.05) is 14.1 Å². The summed E-state index contributed by atoms with van der Waals surface area (Å²) in [6.45, 7) is 2.33. The van der Waals surface area contributed by atoms with E-state index >= 15 is 0 Å². The minimum absolute atomic E-state index is 0.723. The molecule has 0 saturated carbocycles. The van der Waals surface area contributed by atoms with Gasteiger partial charge in [-0.1, -0.05) is 19.1 Å². The first-order chi connectivity index (χ1) is 12.5. The highest BCUT2D eigenvalue weighted by atomic mass is 32.2. The average Bonchev–Trinajstić information content (AvgIpc) is 2.99. The number of hydrogen-bond acceptors (Lipinski definition) is 6. The third-order valence-electron chi connectivity index (χ3n) is 4.59. The van der Waals surface area contributed by atoms with Crippen LogP contribution in [-0.4, -0.2) is 38.3 Å². The fraction of sp³-hybridized carbons (Fsp3) is 0.368. The molecule has 1 aliphatic rings. The summed E-state index contributed by atoms with van der Waals surface area (Å²) >= 11 is 8.93. The van der Waals surface area contributed by atoms with E-state index in [1.165, 1.54) is 22.2 Å². The highest BCUT2D eigenvalue weighted by molar-refractivity contribution is 8.23. The van der Waals surface area contributed by atoms with Gasteiger partial charge in [-0.3, -0.25) is 4.98 Å². The van der Waals surface area contributed by atoms with Gasteiger partial charge in [-0.05, 0) is 54.6 Å². The number of thiophene rings is 1. The molecule has 0 radical (unpaired) electrons. The van der Waals surface area contributed by atoms with Crippen molar-refractivity contribution in [2.24, 2.45) is 5.92 Å². The van der Waals surface area contributed by atoms with Crippen molar-refractivity contribution in [3.05, 3.63) is 35.0 Å². The molecule has 0 spiro atoms. The second kappa shape index (κ2) is 7.21. The van der Waals surface area contributed by atoms with Crippen LogP contribution in [0.1, 0.15) is 23.8 Å². The van der Waals surface area contributed by atoms with E-state index in [2.05, 4.69) is 11.9 Å². The van der Waals surface area contributed by atoms with E-state index in [1.807, 2.05) is 48.7 Å². The lowest BCUT2D eigenvalue weighted by molar-refractivity contribution is 0.509. The maximum absolute atomic E-state index is 5.55. The number of hydrogen-bond donors (Lipinski definition) is 0. The summed E-state index contributed by atoms with van der Waals surface area (Å²) in [6.07, 6.45) is 7.06. The lowest BCUT2D eigenvalue weighted by atomic mass is 9.89. The molecule has 0 aromatic carbocycles. The Morgan fingerprint density at radius 2 is 2.19 bits per heavy atom. The summed E-state index contributed by atoms with van der Waals surface area (Å²) in [7, 11) is 3.95. The van der Waals surface area contributed by atoms with E-state index in [9.17, 15) is 0 Å². The molecule has 0 amide bonds. The molecule has 3 heterocycles. The van der Waals surface area contributed by atoms with Gasteiger partial charge in [-0.25, -0.2) is 9.97 Å². The molecule has 26 heavy (non-hydrogen) atoms. The van der Waals surface area contributed by atoms with Crippen LogP contribution in [0, 0.1) is 5.92 Å². The van der Waals surface area contributed by atoms with Gasteiger partial charge in [0.05, 0.1) is 0 Å². The number of rotatable bonds is 2. The number of fused-ring (bicyclic) bond motifs is 3. The molecular weight excluding hydrogens is 380 g/mol. The molecule has 0 aliphatic heterocycles. The second-order valence-electron chi connectivity index (χ2n) is 6.89. The zero-order valence-corrected chi connectivity index (χ0v) is 17.5. The summed E-state index contributed by atoms with van der Waals surface area (Å²) in [5.41, 5.74) is 2.37. The van der Waals surface area contributed by atoms with Crippen molar-refractivity contribution in [1.29, 1.82) is 0 Å². The first-order valence-corrected chi connectivity index (χ1v) is 10.7. The number of thioether (sulfide) groups is 1. The van der Waals surface area contributed by atoms with Gasteiger partial charge in [0.2, 0.25) is 0 Å². The van der Waals surface area contributed by atoms with Gasteiger partial charge in [0.15, 0.2) is 5.82 Å². The Hall–Kier alpha value is -1.57. The summed E-state index contributed by atoms with van der Waals surface area (Å²) in [4.78, 5) is 18.5. The topological polar surface area (TPSA) is 41.9 Å². The van der Waals surface area contributed by atoms with Gasteiger partial charge in [-0.15, -0.1) is 11.3 Å². The molecular formula is C19H20N4S3. The van der Waals surface area contributed by atoms with Crippen LogP contribution in [0.3, 0.4) is 0 Å². The minimum atomic E-state index is 0.723. The monoisotopic (exact) mass is 400 g/mol. The average molecular weight is 401 g/mol. The molecule has 0 N–H and O–H groups in total. The lowest BCUT2D eigenvalue weighted by Crippen LogP contribution is -2.16. The molecule has 134 valence electrons. The molecule has 1 atom stereocenters. The van der Waals surface area contributed by atoms with Crippen LogP contribution in [0.25, 0.3) is 21.6 Å². The first kappa shape index (κ1) is 17.8. The highest BCUT2D eigenvalue weighted by Crippen LogP contribution is 2.42. The predicted molar refractivity (Wildman–Crippen MR) is 114 cm³/mol. The molecule has 0 saturated heterocycles. The van der Waals surface area contributed by atoms with Gasteiger partial charge in [0.25, 0.3) is 0 Å². The molecule has 4 nitrogen and oxygen atoms in total. The van der Waals surface area contributed by atoms with E-state index in [1.54, 1.807) is 18.0 Å². The van der Waals surface area contributed by atoms with Gasteiger partial charge in [-0.2, -0.15) is 0 Å². The number of nitrogens with zero attached hydrogens (tertiary/aromatic N) is 4. The fourth-order valence-electron chi connectivity index (χ4n) is 3.18. The molecule has 3 aromatic heterocycles. The van der Waals surface area contributed by atoms with Crippen LogP contribution in [-0.2, 0) is 12.8 Å². The number of aromatic nitrogens is 3. The van der Waals surface area contributed by atoms with Crippen LogP contribution < -0.4 is 0 Å². The van der Waals surface area contributed by atoms with Crippen molar-refractivity contribution >= 4 is 49.9 Å². The third-order valence-corrected chi connectivity index (χ3v) is 7.38. The summed E-state index contributed by atoms with van der Waals surface area (Å²) in [5, 5.41) is 2.18. The largest absolute Gasteiger partial charge is 0.363 e. The Balaban J connectivity index is 1.90. The van der Waals surface area contributed by atoms with E-state index in [0.717, 1.165) is 44.3 Å². The van der Waals surface area contributed by atoms with Crippen molar-refractivity contribution in [2.45, 2.75) is 31.2 Å². The van der Waals surface area contributed by atoms with E-state index in [-0.39, 0.29) is 0 Å². The van der Waals surface area contributed by atoms with E-state index < -0.39 is 0 Å². The predicted octanol–water partition coefficient (Wildman–Crippen LogP) is 4.82. The van der Waals surface area contributed by atoms with Gasteiger partial charge in [0, 0.05) is 42.3 Å². The molecule has 7 heteroatoms. The van der Waals surface area contributed by atoms with Gasteiger partial charge < -0.3 is 4.90 Å². The highest BCUT2D eigenvalue weighted by Gasteiger charge is 2.25. The minimum Gasteiger partial charge on any atom is -0.363 e. The Morgan fingerprint density at radius 1 is 1.35 bits per heavy atom. The van der Waals surface area contributed by atoms with Crippen molar-refractivity contribution in [1.82, 2.24) is 19.9 Å². The summed E-state index contributed by atoms with van der Waals surface area (Å²) in [6, 6.07) is 3.92. The number of aryl methyl sites for hydroxylation is 1. The molecule has 1 aliphatic carbocycles. The maximum atomic E-state index is 5.55. The summed E-state index contributed by atoms with van der Waals surface area (Å²) < 4.78 is 0.811. The third kappa shape index (κ3) is 3.35. The van der Waals surface area contributed by atoms with Crippen LogP contribution in [0.4, 0.5) is 0 Å². The smallest absolute Gasteiger partial charge is 0.163 e. The quantitative estimate of drug-likeness (QED) is 0.349. The zero-order valence-electron chi connectivity index (χ0n) is 15.0. The first-order valence-electron chi connectivity index (χ1n) is 8.64. The van der Waals surface area contributed by atoms with Crippen molar-refractivity contribution in [3.8, 4) is 11.4 Å². The SMILES string of the molecule is C[C@H]1CCc2c(sc3nc(-c4cccnc4)nc(SC(=S)N(C)C)c23)C1. The standard InChI is InChI=1S/C19H20N4S3/c1-11-6-7-13-14(9-11)25-17-15(13)18(26-19(24)23(2)3)22-16(21-17)12-5-4-8-20-10-12/h4-5,8,10-11H,6-7,9H2,1-3H3/t11-/m0/s1. The molecule has 0 fully saturated rings. The molecule has 3 aromatic rings. The van der Waals surface area contributed by atoms with Gasteiger partial charge >= 0.3 is 0 Å². The van der Waals surface area contributed by atoms with Crippen molar-refractivity contribution < 1.29 is 0 Å². The molecule has 0 bridgehead atoms. The Labute approximate surface area is 167 Å². The number of thiocarbonyl (C=S) groups is 1. The maximum Gasteiger partial charge on any atom is 0.163 e. The van der Waals surface area contributed by atoms with Gasteiger partial charge in [0.1, 0.15) is 14.2 Å². The van der Waals surface area contributed by atoms with Crippen LogP contribution in [0.2, 0.25) is 0 Å². The van der Waals surface area contributed by atoms with Crippen LogP contribution >= 0.6 is 35.3 Å². The van der Waals surface area contributed by atoms with E-state index in [0.29, 0.717) is 0 Å². The zero-order chi connectivity index (χ0) is 18.3.